The van der Waals surface area contributed by atoms with E-state index in [1.807, 2.05) is 0 Å². The SMILES string of the molecule is c1ccc2c(c1)cc(-c1ccc(N(c3ccc(-n4c5ccccc5c5ccccc54)cc3)c3cccc4oc5c6ccccc6ccc5c34)cc1)c1ccccc12. The molecule has 12 rings (SSSR count). The van der Waals surface area contributed by atoms with Gasteiger partial charge in [-0.05, 0) is 111 Å². The predicted octanol–water partition coefficient (Wildman–Crippen LogP) is 15.3. The number of fused-ring (bicyclic) bond motifs is 11. The molecule has 0 unspecified atom stereocenters. The van der Waals surface area contributed by atoms with Crippen molar-refractivity contribution in [2.24, 2.45) is 0 Å². The van der Waals surface area contributed by atoms with Crippen LogP contribution >= 0.6 is 0 Å². The minimum absolute atomic E-state index is 0.866. The molecule has 0 N–H and O–H groups in total. The smallest absolute Gasteiger partial charge is 0.143 e. The summed E-state index contributed by atoms with van der Waals surface area (Å²) in [7, 11) is 0. The molecule has 3 nitrogen and oxygen atoms in total. The van der Waals surface area contributed by atoms with Crippen molar-refractivity contribution in [1.82, 2.24) is 4.57 Å². The summed E-state index contributed by atoms with van der Waals surface area (Å²) in [5.74, 6) is 0. The lowest BCUT2D eigenvalue weighted by molar-refractivity contribution is 0.672. The number of anilines is 3. The van der Waals surface area contributed by atoms with Crippen molar-refractivity contribution >= 4 is 93.1 Å². The molecule has 0 bridgehead atoms. The van der Waals surface area contributed by atoms with Gasteiger partial charge in [0.15, 0.2) is 0 Å². The molecule has 2 aromatic heterocycles. The summed E-state index contributed by atoms with van der Waals surface area (Å²) in [4.78, 5) is 2.38. The maximum Gasteiger partial charge on any atom is 0.143 e. The Balaban J connectivity index is 1.05. The van der Waals surface area contributed by atoms with E-state index in [1.54, 1.807) is 0 Å². The number of para-hydroxylation sites is 2. The van der Waals surface area contributed by atoms with Crippen molar-refractivity contribution in [3.05, 3.63) is 206 Å². The third-order valence-electron chi connectivity index (χ3n) is 11.8. The molecule has 0 saturated heterocycles. The molecule has 0 aliphatic carbocycles. The lowest BCUT2D eigenvalue weighted by Crippen LogP contribution is -2.10. The van der Waals surface area contributed by atoms with Crippen LogP contribution in [0, 0.1) is 0 Å². The van der Waals surface area contributed by atoms with Crippen molar-refractivity contribution < 1.29 is 4.42 Å². The first-order valence-corrected chi connectivity index (χ1v) is 19.5. The fraction of sp³-hybridized carbons (Fsp3) is 0. The highest BCUT2D eigenvalue weighted by molar-refractivity contribution is 6.20. The highest BCUT2D eigenvalue weighted by Gasteiger charge is 2.21. The minimum Gasteiger partial charge on any atom is -0.455 e. The summed E-state index contributed by atoms with van der Waals surface area (Å²) in [6.07, 6.45) is 0. The first-order valence-electron chi connectivity index (χ1n) is 19.5. The Kier molecular flexibility index (Phi) is 6.93. The number of rotatable bonds is 5. The van der Waals surface area contributed by atoms with Crippen LogP contribution in [-0.4, -0.2) is 4.57 Å². The molecule has 0 aliphatic rings. The summed E-state index contributed by atoms with van der Waals surface area (Å²) in [5, 5.41) is 12.0. The molecule has 0 atom stereocenters. The Morgan fingerprint density at radius 1 is 0.386 bits per heavy atom. The van der Waals surface area contributed by atoms with Crippen LogP contribution in [0.5, 0.6) is 0 Å². The average Bonchev–Trinajstić information content (AvgIpc) is 3.84. The molecule has 12 aromatic rings. The maximum atomic E-state index is 6.70. The lowest BCUT2D eigenvalue weighted by atomic mass is 9.93. The number of hydrogen-bond acceptors (Lipinski definition) is 2. The number of aromatic nitrogens is 1. The third-order valence-corrected chi connectivity index (χ3v) is 11.8. The molecule has 0 fully saturated rings. The molecule has 0 spiro atoms. The Bertz CT molecular complexity index is 3460. The molecule has 57 heavy (non-hydrogen) atoms. The molecule has 2 heterocycles. The second-order valence-corrected chi connectivity index (χ2v) is 14.9. The largest absolute Gasteiger partial charge is 0.455 e. The predicted molar refractivity (Wildman–Crippen MR) is 241 cm³/mol. The summed E-state index contributed by atoms with van der Waals surface area (Å²) >= 11 is 0. The molecule has 3 heteroatoms. The van der Waals surface area contributed by atoms with Crippen molar-refractivity contribution in [2.45, 2.75) is 0 Å². The zero-order valence-electron chi connectivity index (χ0n) is 30.9. The quantitative estimate of drug-likeness (QED) is 0.165. The van der Waals surface area contributed by atoms with Gasteiger partial charge in [0.2, 0.25) is 0 Å². The van der Waals surface area contributed by atoms with Crippen LogP contribution in [0.1, 0.15) is 0 Å². The second kappa shape index (κ2) is 12.5. The highest BCUT2D eigenvalue weighted by Crippen LogP contribution is 2.45. The van der Waals surface area contributed by atoms with E-state index in [0.717, 1.165) is 50.1 Å². The van der Waals surface area contributed by atoms with E-state index in [1.165, 1.54) is 59.9 Å². The van der Waals surface area contributed by atoms with Gasteiger partial charge in [-0.25, -0.2) is 0 Å². The summed E-state index contributed by atoms with van der Waals surface area (Å²) < 4.78 is 9.07. The van der Waals surface area contributed by atoms with Crippen LogP contribution in [0.3, 0.4) is 0 Å². The van der Waals surface area contributed by atoms with Crippen LogP contribution in [0.2, 0.25) is 0 Å². The van der Waals surface area contributed by atoms with E-state index < -0.39 is 0 Å². The Labute approximate surface area is 328 Å². The fourth-order valence-electron chi connectivity index (χ4n) is 9.18. The van der Waals surface area contributed by atoms with E-state index in [4.69, 9.17) is 4.42 Å². The van der Waals surface area contributed by atoms with Crippen molar-refractivity contribution in [3.63, 3.8) is 0 Å². The van der Waals surface area contributed by atoms with Gasteiger partial charge in [0, 0.05) is 38.6 Å². The third kappa shape index (κ3) is 4.86. The molecule has 0 saturated carbocycles. The van der Waals surface area contributed by atoms with Crippen LogP contribution in [0.15, 0.2) is 211 Å². The van der Waals surface area contributed by atoms with Gasteiger partial charge in [-0.15, -0.1) is 0 Å². The first kappa shape index (κ1) is 31.7. The maximum absolute atomic E-state index is 6.70. The van der Waals surface area contributed by atoms with E-state index in [-0.39, 0.29) is 0 Å². The van der Waals surface area contributed by atoms with Gasteiger partial charge < -0.3 is 13.9 Å². The molecule has 10 aromatic carbocycles. The van der Waals surface area contributed by atoms with Gasteiger partial charge in [0.05, 0.1) is 22.1 Å². The molecular formula is C54H34N2O. The van der Waals surface area contributed by atoms with Crippen molar-refractivity contribution in [1.29, 1.82) is 0 Å². The number of nitrogens with zero attached hydrogens (tertiary/aromatic N) is 2. The van der Waals surface area contributed by atoms with Gasteiger partial charge in [-0.3, -0.25) is 0 Å². The van der Waals surface area contributed by atoms with Crippen LogP contribution < -0.4 is 4.90 Å². The fourth-order valence-corrected chi connectivity index (χ4v) is 9.18. The molecule has 0 radical (unpaired) electrons. The first-order chi connectivity index (χ1) is 28.3. The molecular weight excluding hydrogens is 693 g/mol. The van der Waals surface area contributed by atoms with Crippen LogP contribution in [0.4, 0.5) is 17.1 Å². The summed E-state index contributed by atoms with van der Waals surface area (Å²) in [6, 6.07) is 74.5. The zero-order chi connectivity index (χ0) is 37.5. The highest BCUT2D eigenvalue weighted by atomic mass is 16.3. The van der Waals surface area contributed by atoms with Crippen LogP contribution in [-0.2, 0) is 0 Å². The van der Waals surface area contributed by atoms with Crippen molar-refractivity contribution in [2.75, 3.05) is 4.90 Å². The second-order valence-electron chi connectivity index (χ2n) is 14.9. The van der Waals surface area contributed by atoms with Gasteiger partial charge in [0.25, 0.3) is 0 Å². The standard InChI is InChI=1S/C54H34N2O/c1-4-15-42-35(12-1)26-33-47-53-51(22-11-23-52(53)57-54(42)47)55(39-29-31-40(32-30-39)56-49-20-9-7-18-45(49)46-19-8-10-21-50(46)56)38-27-24-36(25-28-38)48-34-37-13-2-3-14-41(37)43-16-5-6-17-44(43)48/h1-34H. The van der Waals surface area contributed by atoms with Gasteiger partial charge in [0.1, 0.15) is 11.2 Å². The zero-order valence-corrected chi connectivity index (χ0v) is 30.9. The van der Waals surface area contributed by atoms with Gasteiger partial charge in [-0.2, -0.15) is 0 Å². The normalized spacial score (nSPS) is 11.9. The van der Waals surface area contributed by atoms with Crippen LogP contribution in [0.25, 0.3) is 92.9 Å². The number of benzene rings is 10. The van der Waals surface area contributed by atoms with E-state index in [2.05, 4.69) is 216 Å². The van der Waals surface area contributed by atoms with Crippen molar-refractivity contribution in [3.8, 4) is 16.8 Å². The summed E-state index contributed by atoms with van der Waals surface area (Å²) in [6.45, 7) is 0. The van der Waals surface area contributed by atoms with E-state index in [9.17, 15) is 0 Å². The Morgan fingerprint density at radius 3 is 1.68 bits per heavy atom. The monoisotopic (exact) mass is 726 g/mol. The topological polar surface area (TPSA) is 21.3 Å². The molecule has 266 valence electrons. The summed E-state index contributed by atoms with van der Waals surface area (Å²) in [5.41, 5.74) is 10.9. The van der Waals surface area contributed by atoms with Gasteiger partial charge in [-0.1, -0.05) is 133 Å². The van der Waals surface area contributed by atoms with E-state index >= 15 is 0 Å². The van der Waals surface area contributed by atoms with Gasteiger partial charge >= 0.3 is 0 Å². The lowest BCUT2D eigenvalue weighted by Gasteiger charge is -2.27. The van der Waals surface area contributed by atoms with E-state index in [0.29, 0.717) is 0 Å². The molecule has 0 amide bonds. The average molecular weight is 727 g/mol. The Hall–Kier alpha value is -7.62. The number of furan rings is 1. The molecule has 0 aliphatic heterocycles. The minimum atomic E-state index is 0.866. The number of hydrogen-bond donors (Lipinski definition) is 0. The Morgan fingerprint density at radius 2 is 0.965 bits per heavy atom.